The lowest BCUT2D eigenvalue weighted by molar-refractivity contribution is 0.121. The van der Waals surface area contributed by atoms with Crippen molar-refractivity contribution < 1.29 is 8.42 Å². The molecule has 0 aromatic carbocycles. The molecule has 0 bridgehead atoms. The van der Waals surface area contributed by atoms with E-state index in [1.807, 2.05) is 13.8 Å². The number of rotatable bonds is 6. The SMILES string of the molecule is CCC1CCC(CN)(N(C)S(=O)(=O)N(C)C(C)C)CC1. The van der Waals surface area contributed by atoms with Gasteiger partial charge in [-0.25, -0.2) is 0 Å². The van der Waals surface area contributed by atoms with E-state index in [0.717, 1.165) is 25.7 Å². The maximum absolute atomic E-state index is 12.7. The van der Waals surface area contributed by atoms with Crippen molar-refractivity contribution in [2.75, 3.05) is 20.6 Å². The predicted octanol–water partition coefficient (Wildman–Crippen LogP) is 1.80. The second kappa shape index (κ2) is 6.73. The molecule has 6 heteroatoms. The monoisotopic (exact) mass is 305 g/mol. The zero-order valence-corrected chi connectivity index (χ0v) is 14.4. The average Bonchev–Trinajstić information content (AvgIpc) is 2.45. The smallest absolute Gasteiger partial charge is 0.282 e. The van der Waals surface area contributed by atoms with E-state index in [4.69, 9.17) is 5.73 Å². The first-order valence-electron chi connectivity index (χ1n) is 7.63. The number of nitrogens with two attached hydrogens (primary N) is 1. The van der Waals surface area contributed by atoms with E-state index in [0.29, 0.717) is 12.5 Å². The molecule has 0 heterocycles. The molecule has 1 saturated carbocycles. The molecular formula is C14H31N3O2S. The highest BCUT2D eigenvalue weighted by atomic mass is 32.2. The fourth-order valence-corrected chi connectivity index (χ4v) is 4.64. The van der Waals surface area contributed by atoms with E-state index in [9.17, 15) is 8.42 Å². The van der Waals surface area contributed by atoms with Crippen LogP contribution in [0.3, 0.4) is 0 Å². The van der Waals surface area contributed by atoms with Crippen LogP contribution in [0.15, 0.2) is 0 Å². The summed E-state index contributed by atoms with van der Waals surface area (Å²) < 4.78 is 28.3. The summed E-state index contributed by atoms with van der Waals surface area (Å²) in [7, 11) is -0.121. The van der Waals surface area contributed by atoms with Gasteiger partial charge < -0.3 is 5.73 Å². The van der Waals surface area contributed by atoms with Crippen LogP contribution in [0, 0.1) is 5.92 Å². The van der Waals surface area contributed by atoms with Gasteiger partial charge in [-0.1, -0.05) is 13.3 Å². The van der Waals surface area contributed by atoms with E-state index in [1.165, 1.54) is 15.0 Å². The molecule has 120 valence electrons. The summed E-state index contributed by atoms with van der Waals surface area (Å²) in [5, 5.41) is 0. The van der Waals surface area contributed by atoms with Gasteiger partial charge in [0.2, 0.25) is 0 Å². The van der Waals surface area contributed by atoms with E-state index < -0.39 is 15.7 Å². The summed E-state index contributed by atoms with van der Waals surface area (Å²) >= 11 is 0. The number of hydrogen-bond acceptors (Lipinski definition) is 3. The van der Waals surface area contributed by atoms with Crippen LogP contribution in [0.2, 0.25) is 0 Å². The third-order valence-electron chi connectivity index (χ3n) is 5.10. The summed E-state index contributed by atoms with van der Waals surface area (Å²) in [6.07, 6.45) is 5.04. The Hall–Kier alpha value is -0.170. The third-order valence-corrected chi connectivity index (χ3v) is 7.33. The van der Waals surface area contributed by atoms with Crippen LogP contribution in [0.5, 0.6) is 0 Å². The second-order valence-electron chi connectivity index (χ2n) is 6.37. The molecule has 0 aromatic heterocycles. The minimum Gasteiger partial charge on any atom is -0.329 e. The Morgan fingerprint density at radius 3 is 2.10 bits per heavy atom. The Bertz CT molecular complexity index is 401. The molecule has 0 aromatic rings. The maximum atomic E-state index is 12.7. The zero-order chi connectivity index (χ0) is 15.6. The zero-order valence-electron chi connectivity index (χ0n) is 13.6. The van der Waals surface area contributed by atoms with Gasteiger partial charge in [0.15, 0.2) is 0 Å². The molecule has 1 aliphatic carbocycles. The molecule has 1 aliphatic rings. The van der Waals surface area contributed by atoms with Gasteiger partial charge >= 0.3 is 0 Å². The van der Waals surface area contributed by atoms with Gasteiger partial charge in [-0.3, -0.25) is 0 Å². The molecule has 0 spiro atoms. The van der Waals surface area contributed by atoms with Crippen molar-refractivity contribution in [3.05, 3.63) is 0 Å². The van der Waals surface area contributed by atoms with E-state index >= 15 is 0 Å². The average molecular weight is 305 g/mol. The Kier molecular flexibility index (Phi) is 6.01. The first-order valence-corrected chi connectivity index (χ1v) is 9.03. The van der Waals surface area contributed by atoms with Gasteiger partial charge in [0.05, 0.1) is 0 Å². The van der Waals surface area contributed by atoms with E-state index in [1.54, 1.807) is 14.1 Å². The quantitative estimate of drug-likeness (QED) is 0.813. The molecular weight excluding hydrogens is 274 g/mol. The van der Waals surface area contributed by atoms with Crippen molar-refractivity contribution in [1.82, 2.24) is 8.61 Å². The van der Waals surface area contributed by atoms with Crippen molar-refractivity contribution in [2.24, 2.45) is 11.7 Å². The molecule has 0 amide bonds. The van der Waals surface area contributed by atoms with Crippen molar-refractivity contribution in [1.29, 1.82) is 0 Å². The van der Waals surface area contributed by atoms with Crippen molar-refractivity contribution in [2.45, 2.75) is 64.5 Å². The minimum absolute atomic E-state index is 0.0516. The molecule has 5 nitrogen and oxygen atoms in total. The Morgan fingerprint density at radius 2 is 1.75 bits per heavy atom. The molecule has 0 aliphatic heterocycles. The van der Waals surface area contributed by atoms with Gasteiger partial charge in [-0.2, -0.15) is 17.0 Å². The topological polar surface area (TPSA) is 66.6 Å². The van der Waals surface area contributed by atoms with Crippen LogP contribution in [0.1, 0.15) is 52.9 Å². The molecule has 0 saturated heterocycles. The van der Waals surface area contributed by atoms with Gasteiger partial charge in [0.25, 0.3) is 10.2 Å². The third kappa shape index (κ3) is 3.35. The van der Waals surface area contributed by atoms with Crippen LogP contribution < -0.4 is 5.73 Å². The van der Waals surface area contributed by atoms with Crippen LogP contribution in [0.4, 0.5) is 0 Å². The molecule has 0 atom stereocenters. The highest BCUT2D eigenvalue weighted by Gasteiger charge is 2.44. The Labute approximate surface area is 124 Å². The molecule has 2 N–H and O–H groups in total. The Balaban J connectivity index is 2.95. The first kappa shape index (κ1) is 17.9. The summed E-state index contributed by atoms with van der Waals surface area (Å²) in [5.74, 6) is 0.716. The van der Waals surface area contributed by atoms with Gasteiger partial charge in [0, 0.05) is 32.2 Å². The summed E-state index contributed by atoms with van der Waals surface area (Å²) in [6.45, 7) is 6.36. The largest absolute Gasteiger partial charge is 0.329 e. The lowest BCUT2D eigenvalue weighted by atomic mass is 9.75. The molecule has 20 heavy (non-hydrogen) atoms. The van der Waals surface area contributed by atoms with Crippen LogP contribution in [0.25, 0.3) is 0 Å². The van der Waals surface area contributed by atoms with E-state index in [-0.39, 0.29) is 6.04 Å². The highest BCUT2D eigenvalue weighted by Crippen LogP contribution is 2.38. The Morgan fingerprint density at radius 1 is 1.25 bits per heavy atom. The molecule has 1 fully saturated rings. The molecule has 1 rings (SSSR count). The van der Waals surface area contributed by atoms with Crippen LogP contribution >= 0.6 is 0 Å². The number of likely N-dealkylation sites (N-methyl/N-ethyl adjacent to an activating group) is 1. The van der Waals surface area contributed by atoms with Crippen molar-refractivity contribution >= 4 is 10.2 Å². The van der Waals surface area contributed by atoms with Crippen LogP contribution in [-0.4, -0.2) is 49.2 Å². The van der Waals surface area contributed by atoms with E-state index in [2.05, 4.69) is 6.92 Å². The lowest BCUT2D eigenvalue weighted by Crippen LogP contribution is -2.59. The predicted molar refractivity (Wildman–Crippen MR) is 83.6 cm³/mol. The van der Waals surface area contributed by atoms with Gasteiger partial charge in [-0.05, 0) is 45.4 Å². The minimum atomic E-state index is -3.45. The normalized spacial score (nSPS) is 28.6. The number of nitrogens with zero attached hydrogens (tertiary/aromatic N) is 2. The standard InChI is InChI=1S/C14H31N3O2S/c1-6-13-7-9-14(11-15,10-8-13)17(5)20(18,19)16(4)12(2)3/h12-13H,6-11,15H2,1-5H3. The lowest BCUT2D eigenvalue weighted by Gasteiger charge is -2.46. The highest BCUT2D eigenvalue weighted by molar-refractivity contribution is 7.86. The second-order valence-corrected chi connectivity index (χ2v) is 8.38. The van der Waals surface area contributed by atoms with Crippen molar-refractivity contribution in [3.63, 3.8) is 0 Å². The van der Waals surface area contributed by atoms with Gasteiger partial charge in [-0.15, -0.1) is 0 Å². The summed E-state index contributed by atoms with van der Waals surface area (Å²) in [5.41, 5.74) is 5.57. The van der Waals surface area contributed by atoms with Crippen LogP contribution in [-0.2, 0) is 10.2 Å². The van der Waals surface area contributed by atoms with Gasteiger partial charge in [0.1, 0.15) is 0 Å². The molecule has 0 radical (unpaired) electrons. The molecule has 0 unspecified atom stereocenters. The summed E-state index contributed by atoms with van der Waals surface area (Å²) in [4.78, 5) is 0. The fourth-order valence-electron chi connectivity index (χ4n) is 2.98. The first-order chi connectivity index (χ1) is 9.21. The number of hydrogen-bond donors (Lipinski definition) is 1. The van der Waals surface area contributed by atoms with Crippen molar-refractivity contribution in [3.8, 4) is 0 Å². The summed E-state index contributed by atoms with van der Waals surface area (Å²) in [6, 6.07) is -0.0516. The maximum Gasteiger partial charge on any atom is 0.282 e. The fraction of sp³-hybridized carbons (Fsp3) is 1.00.